The molecular formula is C12H18N2O2. The minimum absolute atomic E-state index is 0.161. The Labute approximate surface area is 95.9 Å². The Bertz CT molecular complexity index is 352. The fourth-order valence-electron chi connectivity index (χ4n) is 2.60. The smallest absolute Gasteiger partial charge is 0.268 e. The molecule has 4 nitrogen and oxygen atoms in total. The van der Waals surface area contributed by atoms with Crippen molar-refractivity contribution < 1.29 is 9.59 Å². The molecule has 0 aliphatic carbocycles. The van der Waals surface area contributed by atoms with Gasteiger partial charge in [0.05, 0.1) is 0 Å². The van der Waals surface area contributed by atoms with Crippen LogP contribution in [0.5, 0.6) is 0 Å². The van der Waals surface area contributed by atoms with Crippen molar-refractivity contribution in [1.29, 1.82) is 0 Å². The molecule has 0 aromatic heterocycles. The van der Waals surface area contributed by atoms with E-state index < -0.39 is 0 Å². The molecule has 2 amide bonds. The van der Waals surface area contributed by atoms with Crippen molar-refractivity contribution >= 4 is 11.8 Å². The molecule has 16 heavy (non-hydrogen) atoms. The number of carbonyl (C=O) groups excluding carboxylic acids is 2. The van der Waals surface area contributed by atoms with Gasteiger partial charge in [-0.3, -0.25) is 9.59 Å². The van der Waals surface area contributed by atoms with Gasteiger partial charge in [0, 0.05) is 23.7 Å². The van der Waals surface area contributed by atoms with Crippen LogP contribution >= 0.6 is 0 Å². The molecule has 0 aromatic carbocycles. The zero-order chi connectivity index (χ0) is 11.9. The molecule has 2 aliphatic rings. The van der Waals surface area contributed by atoms with Gasteiger partial charge in [0.15, 0.2) is 0 Å². The molecule has 0 saturated carbocycles. The molecule has 0 aromatic rings. The third-order valence-electron chi connectivity index (χ3n) is 3.46. The predicted octanol–water partition coefficient (Wildman–Crippen LogP) is 1.48. The summed E-state index contributed by atoms with van der Waals surface area (Å²) in [6.45, 7) is 5.84. The largest absolute Gasteiger partial charge is 0.271 e. The number of piperidine rings is 1. The normalized spacial score (nSPS) is 32.2. The molecule has 2 unspecified atom stereocenters. The van der Waals surface area contributed by atoms with Gasteiger partial charge in [-0.25, -0.2) is 10.0 Å². The SMILES string of the molecule is CC1=CC(=O)N(N2C(C)CCCC2C)C1=O. The average molecular weight is 222 g/mol. The monoisotopic (exact) mass is 222 g/mol. The number of nitrogens with zero attached hydrogens (tertiary/aromatic N) is 2. The van der Waals surface area contributed by atoms with E-state index in [1.165, 1.54) is 17.5 Å². The maximum Gasteiger partial charge on any atom is 0.271 e. The highest BCUT2D eigenvalue weighted by molar-refractivity contribution is 6.15. The van der Waals surface area contributed by atoms with Crippen molar-refractivity contribution in [2.24, 2.45) is 0 Å². The van der Waals surface area contributed by atoms with Crippen molar-refractivity contribution in [2.75, 3.05) is 0 Å². The summed E-state index contributed by atoms with van der Waals surface area (Å²) in [6.07, 6.45) is 4.68. The summed E-state index contributed by atoms with van der Waals surface area (Å²) >= 11 is 0. The van der Waals surface area contributed by atoms with Crippen LogP contribution in [0.1, 0.15) is 40.0 Å². The predicted molar refractivity (Wildman–Crippen MR) is 60.2 cm³/mol. The number of hydrazine groups is 1. The number of hydrogen-bond donors (Lipinski definition) is 0. The number of hydrogen-bond acceptors (Lipinski definition) is 3. The molecule has 2 heterocycles. The highest BCUT2D eigenvalue weighted by Gasteiger charge is 2.39. The van der Waals surface area contributed by atoms with Crippen molar-refractivity contribution in [1.82, 2.24) is 10.0 Å². The van der Waals surface area contributed by atoms with Gasteiger partial charge >= 0.3 is 0 Å². The fourth-order valence-corrected chi connectivity index (χ4v) is 2.60. The van der Waals surface area contributed by atoms with Crippen molar-refractivity contribution in [2.45, 2.75) is 52.1 Å². The number of rotatable bonds is 1. The van der Waals surface area contributed by atoms with Gasteiger partial charge in [-0.05, 0) is 33.6 Å². The van der Waals surface area contributed by atoms with E-state index in [0.29, 0.717) is 5.57 Å². The second kappa shape index (κ2) is 4.01. The van der Waals surface area contributed by atoms with Crippen LogP contribution in [0.4, 0.5) is 0 Å². The average Bonchev–Trinajstić information content (AvgIpc) is 2.44. The first-order valence-electron chi connectivity index (χ1n) is 5.87. The van der Waals surface area contributed by atoms with Gasteiger partial charge in [0.1, 0.15) is 0 Å². The molecule has 0 bridgehead atoms. The van der Waals surface area contributed by atoms with Crippen LogP contribution in [0.2, 0.25) is 0 Å². The van der Waals surface area contributed by atoms with Crippen LogP contribution in [0.25, 0.3) is 0 Å². The summed E-state index contributed by atoms with van der Waals surface area (Å²) in [5, 5.41) is 3.27. The molecule has 88 valence electrons. The molecule has 0 radical (unpaired) electrons. The molecule has 0 spiro atoms. The molecular weight excluding hydrogens is 204 g/mol. The molecule has 2 aliphatic heterocycles. The van der Waals surface area contributed by atoms with E-state index in [9.17, 15) is 9.59 Å². The fraction of sp³-hybridized carbons (Fsp3) is 0.667. The first-order valence-corrected chi connectivity index (χ1v) is 5.87. The first-order chi connectivity index (χ1) is 7.52. The second-order valence-electron chi connectivity index (χ2n) is 4.79. The van der Waals surface area contributed by atoms with Crippen molar-refractivity contribution in [3.05, 3.63) is 11.6 Å². The Morgan fingerprint density at radius 1 is 1.19 bits per heavy atom. The summed E-state index contributed by atoms with van der Waals surface area (Å²) in [5.74, 6) is -0.353. The number of imide groups is 1. The molecule has 2 atom stereocenters. The second-order valence-corrected chi connectivity index (χ2v) is 4.79. The standard InChI is InChI=1S/C12H18N2O2/c1-8-7-11(15)14(12(8)16)13-9(2)5-4-6-10(13)3/h7,9-10H,4-6H2,1-3H3. The van der Waals surface area contributed by atoms with E-state index in [-0.39, 0.29) is 23.9 Å². The van der Waals surface area contributed by atoms with E-state index in [0.717, 1.165) is 12.8 Å². The van der Waals surface area contributed by atoms with Crippen LogP contribution < -0.4 is 0 Å². The van der Waals surface area contributed by atoms with E-state index in [2.05, 4.69) is 13.8 Å². The lowest BCUT2D eigenvalue weighted by atomic mass is 9.99. The summed E-state index contributed by atoms with van der Waals surface area (Å²) in [6, 6.07) is 0.520. The van der Waals surface area contributed by atoms with E-state index >= 15 is 0 Å². The summed E-state index contributed by atoms with van der Waals surface area (Å²) in [7, 11) is 0. The van der Waals surface area contributed by atoms with Gasteiger partial charge in [0.2, 0.25) is 0 Å². The Hall–Kier alpha value is -1.16. The van der Waals surface area contributed by atoms with E-state index in [1.807, 2.05) is 5.01 Å². The topological polar surface area (TPSA) is 40.6 Å². The molecule has 2 rings (SSSR count). The zero-order valence-electron chi connectivity index (χ0n) is 10.1. The Morgan fingerprint density at radius 3 is 2.19 bits per heavy atom. The lowest BCUT2D eigenvalue weighted by Crippen LogP contribution is -2.56. The molecule has 1 fully saturated rings. The van der Waals surface area contributed by atoms with Gasteiger partial charge < -0.3 is 0 Å². The quantitative estimate of drug-likeness (QED) is 0.631. The highest BCUT2D eigenvalue weighted by Crippen LogP contribution is 2.27. The summed E-state index contributed by atoms with van der Waals surface area (Å²) in [5.41, 5.74) is 0.537. The van der Waals surface area contributed by atoms with Gasteiger partial charge in [-0.2, -0.15) is 0 Å². The Balaban J connectivity index is 2.24. The van der Waals surface area contributed by atoms with Crippen molar-refractivity contribution in [3.8, 4) is 0 Å². The minimum atomic E-state index is -0.192. The van der Waals surface area contributed by atoms with Crippen LogP contribution in [0.3, 0.4) is 0 Å². The Morgan fingerprint density at radius 2 is 1.75 bits per heavy atom. The zero-order valence-corrected chi connectivity index (χ0v) is 10.1. The summed E-state index contributed by atoms with van der Waals surface area (Å²) < 4.78 is 0. The molecule has 1 saturated heterocycles. The van der Waals surface area contributed by atoms with E-state index in [4.69, 9.17) is 0 Å². The van der Waals surface area contributed by atoms with Gasteiger partial charge in [-0.1, -0.05) is 6.42 Å². The highest BCUT2D eigenvalue weighted by atomic mass is 16.2. The van der Waals surface area contributed by atoms with Crippen LogP contribution in [0, 0.1) is 0 Å². The maximum atomic E-state index is 11.9. The van der Waals surface area contributed by atoms with Crippen LogP contribution in [0.15, 0.2) is 11.6 Å². The lowest BCUT2D eigenvalue weighted by Gasteiger charge is -2.43. The molecule has 0 N–H and O–H groups in total. The third-order valence-corrected chi connectivity index (χ3v) is 3.46. The summed E-state index contributed by atoms with van der Waals surface area (Å²) in [4.78, 5) is 23.7. The minimum Gasteiger partial charge on any atom is -0.268 e. The third kappa shape index (κ3) is 1.67. The van der Waals surface area contributed by atoms with Crippen LogP contribution in [-0.2, 0) is 9.59 Å². The van der Waals surface area contributed by atoms with E-state index in [1.54, 1.807) is 6.92 Å². The van der Waals surface area contributed by atoms with Gasteiger partial charge in [0.25, 0.3) is 11.8 Å². The first kappa shape index (κ1) is 11.3. The lowest BCUT2D eigenvalue weighted by molar-refractivity contribution is -0.167. The van der Waals surface area contributed by atoms with Gasteiger partial charge in [-0.15, -0.1) is 0 Å². The number of carbonyl (C=O) groups is 2. The molecule has 4 heteroatoms. The maximum absolute atomic E-state index is 11.9. The number of amides is 2. The Kier molecular flexibility index (Phi) is 2.84. The van der Waals surface area contributed by atoms with Crippen molar-refractivity contribution in [3.63, 3.8) is 0 Å². The van der Waals surface area contributed by atoms with Crippen LogP contribution in [-0.4, -0.2) is 33.9 Å².